The minimum absolute atomic E-state index is 0.00530. The molecular formula is C20H30O5. The highest BCUT2D eigenvalue weighted by Crippen LogP contribution is 2.12. The van der Waals surface area contributed by atoms with E-state index in [9.17, 15) is 4.79 Å². The number of carboxylic acids is 1. The van der Waals surface area contributed by atoms with Crippen molar-refractivity contribution in [1.29, 1.82) is 0 Å². The van der Waals surface area contributed by atoms with Crippen LogP contribution in [0.4, 0.5) is 0 Å². The molecule has 0 aliphatic heterocycles. The molecule has 0 aliphatic rings. The van der Waals surface area contributed by atoms with Gasteiger partial charge in [0.05, 0.1) is 0 Å². The van der Waals surface area contributed by atoms with Crippen molar-refractivity contribution < 1.29 is 25.2 Å². The van der Waals surface area contributed by atoms with Crippen LogP contribution in [0, 0.1) is 0 Å². The van der Waals surface area contributed by atoms with Gasteiger partial charge in [-0.15, -0.1) is 0 Å². The number of unbranched alkanes of at least 4 members (excludes halogenated alkanes) is 6. The Bertz CT molecular complexity index is 479. The number of carbonyl (C=O) groups is 1. The van der Waals surface area contributed by atoms with Gasteiger partial charge in [0.2, 0.25) is 0 Å². The van der Waals surface area contributed by atoms with Gasteiger partial charge in [0.15, 0.2) is 0 Å². The van der Waals surface area contributed by atoms with E-state index in [1.807, 2.05) is 30.4 Å². The van der Waals surface area contributed by atoms with E-state index in [0.717, 1.165) is 44.6 Å². The molecule has 0 aliphatic carbocycles. The molecule has 4 N–H and O–H groups in total. The Morgan fingerprint density at radius 3 is 1.72 bits per heavy atom. The number of rotatable bonds is 14. The second-order valence-corrected chi connectivity index (χ2v) is 5.71. The molecule has 25 heavy (non-hydrogen) atoms. The molecule has 5 heteroatoms. The summed E-state index contributed by atoms with van der Waals surface area (Å²) >= 11 is 0. The van der Waals surface area contributed by atoms with Gasteiger partial charge >= 0.3 is 5.97 Å². The predicted molar refractivity (Wildman–Crippen MR) is 99.7 cm³/mol. The molecule has 0 aromatic rings. The van der Waals surface area contributed by atoms with Gasteiger partial charge in [0, 0.05) is 12.5 Å². The summed E-state index contributed by atoms with van der Waals surface area (Å²) in [5.41, 5.74) is 0. The molecule has 5 nitrogen and oxygen atoms in total. The van der Waals surface area contributed by atoms with Gasteiger partial charge in [-0.1, -0.05) is 80.4 Å². The number of carboxylic acid groups (broad SMARTS) is 1. The first kappa shape index (κ1) is 23.1. The maximum atomic E-state index is 10.2. The minimum atomic E-state index is -2.51. The third kappa shape index (κ3) is 22.1. The van der Waals surface area contributed by atoms with Crippen LogP contribution in [0.3, 0.4) is 0 Å². The molecule has 140 valence electrons. The zero-order valence-corrected chi connectivity index (χ0v) is 14.6. The molecule has 0 amide bonds. The lowest BCUT2D eigenvalue weighted by Gasteiger charge is -2.12. The van der Waals surface area contributed by atoms with Gasteiger partial charge < -0.3 is 20.4 Å². The van der Waals surface area contributed by atoms with Crippen LogP contribution in [0.5, 0.6) is 0 Å². The van der Waals surface area contributed by atoms with Gasteiger partial charge in [-0.3, -0.25) is 0 Å². The quantitative estimate of drug-likeness (QED) is 0.166. The van der Waals surface area contributed by atoms with Crippen molar-refractivity contribution in [3.8, 4) is 0 Å². The van der Waals surface area contributed by atoms with E-state index in [2.05, 4.69) is 6.08 Å². The van der Waals surface area contributed by atoms with E-state index in [0.29, 0.717) is 6.42 Å². The standard InChI is InChI=1S/C20H30O5/c21-19(22)17-15-13-11-9-7-5-3-1-2-4-6-8-10-12-14-16-18-20(23,24)25/h1-3,5,7,9,11,13,15,17,23-25H,4,6,8,10,12,14,16,18H2,(H,21,22)/b2-1+,5-3+,9-7-,13-11+,17-15?. The van der Waals surface area contributed by atoms with Crippen molar-refractivity contribution in [3.63, 3.8) is 0 Å². The molecule has 0 fully saturated rings. The zero-order valence-electron chi connectivity index (χ0n) is 14.6. The number of hydrogen-bond donors (Lipinski definition) is 4. The van der Waals surface area contributed by atoms with Gasteiger partial charge in [-0.2, -0.15) is 0 Å². The molecule has 0 aromatic carbocycles. The predicted octanol–water partition coefficient (Wildman–Crippen LogP) is 3.60. The van der Waals surface area contributed by atoms with Gasteiger partial charge in [-0.25, -0.2) is 4.79 Å². The Hall–Kier alpha value is -1.95. The van der Waals surface area contributed by atoms with Crippen LogP contribution >= 0.6 is 0 Å². The summed E-state index contributed by atoms with van der Waals surface area (Å²) < 4.78 is 0. The van der Waals surface area contributed by atoms with Crippen LogP contribution in [0.1, 0.15) is 51.4 Å². The summed E-state index contributed by atoms with van der Waals surface area (Å²) in [5, 5.41) is 34.6. The first-order valence-corrected chi connectivity index (χ1v) is 8.65. The van der Waals surface area contributed by atoms with Crippen LogP contribution in [0.15, 0.2) is 60.8 Å². The van der Waals surface area contributed by atoms with Gasteiger partial charge in [-0.05, 0) is 19.3 Å². The summed E-state index contributed by atoms with van der Waals surface area (Å²) in [7, 11) is 0. The lowest BCUT2D eigenvalue weighted by atomic mass is 10.1. The molecule has 0 unspecified atom stereocenters. The maximum absolute atomic E-state index is 10.2. The minimum Gasteiger partial charge on any atom is -0.478 e. The molecule has 0 heterocycles. The number of aliphatic hydroxyl groups is 3. The highest BCUT2D eigenvalue weighted by molar-refractivity contribution is 5.80. The van der Waals surface area contributed by atoms with E-state index in [1.165, 1.54) is 6.08 Å². The van der Waals surface area contributed by atoms with Crippen molar-refractivity contribution in [1.82, 2.24) is 0 Å². The smallest absolute Gasteiger partial charge is 0.328 e. The zero-order chi connectivity index (χ0) is 18.8. The first-order valence-electron chi connectivity index (χ1n) is 8.65. The topological polar surface area (TPSA) is 98.0 Å². The average molecular weight is 350 g/mol. The molecule has 0 rings (SSSR count). The fourth-order valence-corrected chi connectivity index (χ4v) is 2.03. The molecular weight excluding hydrogens is 320 g/mol. The summed E-state index contributed by atoms with van der Waals surface area (Å²) in [6.07, 6.45) is 24.6. The molecule has 0 radical (unpaired) electrons. The number of hydrogen-bond acceptors (Lipinski definition) is 4. The molecule has 0 aromatic heterocycles. The largest absolute Gasteiger partial charge is 0.478 e. The summed E-state index contributed by atoms with van der Waals surface area (Å²) in [6.45, 7) is 0. The highest BCUT2D eigenvalue weighted by Gasteiger charge is 2.16. The van der Waals surface area contributed by atoms with Gasteiger partial charge in [0.25, 0.3) is 5.97 Å². The van der Waals surface area contributed by atoms with E-state index in [4.69, 9.17) is 20.4 Å². The SMILES string of the molecule is O=C(O)C=C/C=C/C=C\C=C\C=C\CCCCCCCCC(O)(O)O. The third-order valence-electron chi connectivity index (χ3n) is 3.29. The highest BCUT2D eigenvalue weighted by atomic mass is 16.7. The van der Waals surface area contributed by atoms with Crippen molar-refractivity contribution >= 4 is 5.97 Å². The van der Waals surface area contributed by atoms with Gasteiger partial charge in [0.1, 0.15) is 0 Å². The molecule has 0 saturated carbocycles. The van der Waals surface area contributed by atoms with Crippen LogP contribution in [0.2, 0.25) is 0 Å². The van der Waals surface area contributed by atoms with E-state index in [1.54, 1.807) is 12.2 Å². The fourth-order valence-electron chi connectivity index (χ4n) is 2.03. The van der Waals surface area contributed by atoms with Crippen LogP contribution < -0.4 is 0 Å². The fraction of sp³-hybridized carbons (Fsp3) is 0.450. The lowest BCUT2D eigenvalue weighted by Crippen LogP contribution is -2.26. The normalized spacial score (nSPS) is 13.4. The lowest BCUT2D eigenvalue weighted by molar-refractivity contribution is -0.315. The summed E-state index contributed by atoms with van der Waals surface area (Å²) in [6, 6.07) is 0. The van der Waals surface area contributed by atoms with Crippen LogP contribution in [-0.2, 0) is 4.79 Å². The monoisotopic (exact) mass is 350 g/mol. The third-order valence-corrected chi connectivity index (χ3v) is 3.29. The van der Waals surface area contributed by atoms with E-state index in [-0.39, 0.29) is 6.42 Å². The van der Waals surface area contributed by atoms with Crippen molar-refractivity contribution in [2.45, 2.75) is 57.3 Å². The van der Waals surface area contributed by atoms with E-state index >= 15 is 0 Å². The summed E-state index contributed by atoms with van der Waals surface area (Å²) in [5.74, 6) is -3.47. The molecule has 0 atom stereocenters. The Labute approximate surface area is 150 Å². The Kier molecular flexibility index (Phi) is 14.4. The molecule has 0 bridgehead atoms. The second kappa shape index (κ2) is 15.6. The Morgan fingerprint density at radius 2 is 1.16 bits per heavy atom. The van der Waals surface area contributed by atoms with Crippen molar-refractivity contribution in [2.75, 3.05) is 0 Å². The molecule has 0 spiro atoms. The average Bonchev–Trinajstić information content (AvgIpc) is 2.52. The number of allylic oxidation sites excluding steroid dienone is 9. The second-order valence-electron chi connectivity index (χ2n) is 5.71. The van der Waals surface area contributed by atoms with Crippen molar-refractivity contribution in [3.05, 3.63) is 60.8 Å². The van der Waals surface area contributed by atoms with Crippen molar-refractivity contribution in [2.24, 2.45) is 0 Å². The molecule has 0 saturated heterocycles. The van der Waals surface area contributed by atoms with E-state index < -0.39 is 11.9 Å². The first-order chi connectivity index (χ1) is 11.9. The Balaban J connectivity index is 3.50. The maximum Gasteiger partial charge on any atom is 0.328 e. The Morgan fingerprint density at radius 1 is 0.680 bits per heavy atom. The number of aliphatic carboxylic acids is 1. The summed E-state index contributed by atoms with van der Waals surface area (Å²) in [4.78, 5) is 10.2. The van der Waals surface area contributed by atoms with Crippen LogP contribution in [-0.4, -0.2) is 32.4 Å². The van der Waals surface area contributed by atoms with Crippen LogP contribution in [0.25, 0.3) is 0 Å².